The Bertz CT molecular complexity index is 936. The van der Waals surface area contributed by atoms with Gasteiger partial charge >= 0.3 is 12.6 Å². The number of hydrogen-bond donors (Lipinski definition) is 2. The van der Waals surface area contributed by atoms with Gasteiger partial charge in [0.1, 0.15) is 10.8 Å². The largest absolute Gasteiger partial charge is 0.465 e. The number of thiocarbonyl (C=S) groups is 1. The van der Waals surface area contributed by atoms with E-state index < -0.39 is 12.6 Å². The van der Waals surface area contributed by atoms with Gasteiger partial charge in [0.05, 0.1) is 17.7 Å². The number of hydrogen-bond acceptors (Lipinski definition) is 5. The third-order valence-electron chi connectivity index (χ3n) is 4.53. The summed E-state index contributed by atoms with van der Waals surface area (Å²) in [5, 5.41) is 6.87. The zero-order valence-electron chi connectivity index (χ0n) is 15.7. The molecule has 156 valence electrons. The summed E-state index contributed by atoms with van der Waals surface area (Å²) in [6.07, 6.45) is 2.75. The van der Waals surface area contributed by atoms with Crippen molar-refractivity contribution in [3.63, 3.8) is 0 Å². The first-order valence-corrected chi connectivity index (χ1v) is 10.4. The van der Waals surface area contributed by atoms with E-state index in [-0.39, 0.29) is 15.9 Å². The van der Waals surface area contributed by atoms with Gasteiger partial charge in [0, 0.05) is 10.6 Å². The minimum Gasteiger partial charge on any atom is -0.465 e. The SMILES string of the molecule is COC(=O)c1c(NC(=S)Nc2ccc(OC(F)F)c(Cl)c2)sc2c1CC[C@@H](C)C2. The Morgan fingerprint density at radius 3 is 2.79 bits per heavy atom. The molecule has 0 saturated carbocycles. The summed E-state index contributed by atoms with van der Waals surface area (Å²) in [4.78, 5) is 13.5. The fourth-order valence-corrected chi connectivity index (χ4v) is 5.11. The maximum Gasteiger partial charge on any atom is 0.387 e. The normalized spacial score (nSPS) is 15.6. The van der Waals surface area contributed by atoms with Crippen LogP contribution in [0, 0.1) is 5.92 Å². The molecular weight excluding hydrogens is 442 g/mol. The van der Waals surface area contributed by atoms with Crippen LogP contribution in [0.3, 0.4) is 0 Å². The Kier molecular flexibility index (Phi) is 6.92. The summed E-state index contributed by atoms with van der Waals surface area (Å²) in [7, 11) is 1.35. The first-order valence-electron chi connectivity index (χ1n) is 8.83. The highest BCUT2D eigenvalue weighted by molar-refractivity contribution is 7.80. The summed E-state index contributed by atoms with van der Waals surface area (Å²) in [6.45, 7) is -0.774. The summed E-state index contributed by atoms with van der Waals surface area (Å²) in [6, 6.07) is 4.26. The van der Waals surface area contributed by atoms with Gasteiger partial charge in [-0.05, 0) is 61.2 Å². The third-order valence-corrected chi connectivity index (χ3v) is 6.20. The second-order valence-corrected chi connectivity index (χ2v) is 8.57. The van der Waals surface area contributed by atoms with Gasteiger partial charge in [0.15, 0.2) is 5.11 Å². The summed E-state index contributed by atoms with van der Waals surface area (Å²) in [5.41, 5.74) is 2.02. The number of esters is 1. The first kappa shape index (κ1) is 21.7. The van der Waals surface area contributed by atoms with Crippen LogP contribution in [0.2, 0.25) is 5.02 Å². The quantitative estimate of drug-likeness (QED) is 0.439. The van der Waals surface area contributed by atoms with Crippen LogP contribution in [0.1, 0.15) is 34.1 Å². The van der Waals surface area contributed by atoms with E-state index in [0.717, 1.165) is 29.7 Å². The molecule has 0 saturated heterocycles. The monoisotopic (exact) mass is 460 g/mol. The molecule has 0 aliphatic heterocycles. The van der Waals surface area contributed by atoms with Crippen LogP contribution in [0.4, 0.5) is 19.5 Å². The fourth-order valence-electron chi connectivity index (χ4n) is 3.19. The highest BCUT2D eigenvalue weighted by Gasteiger charge is 2.28. The Morgan fingerprint density at radius 2 is 2.14 bits per heavy atom. The molecule has 1 heterocycles. The molecule has 0 bridgehead atoms. The molecule has 0 radical (unpaired) electrons. The van der Waals surface area contributed by atoms with Crippen molar-refractivity contribution in [1.82, 2.24) is 0 Å². The number of thiophene rings is 1. The van der Waals surface area contributed by atoms with Crippen molar-refractivity contribution in [2.24, 2.45) is 5.92 Å². The zero-order chi connectivity index (χ0) is 21.1. The van der Waals surface area contributed by atoms with Gasteiger partial charge in [-0.15, -0.1) is 11.3 Å². The Labute approximate surface area is 181 Å². The Balaban J connectivity index is 1.77. The van der Waals surface area contributed by atoms with Crippen molar-refractivity contribution < 1.29 is 23.0 Å². The Morgan fingerprint density at radius 1 is 1.38 bits per heavy atom. The molecule has 2 aromatic rings. The lowest BCUT2D eigenvalue weighted by Crippen LogP contribution is -2.20. The molecule has 10 heteroatoms. The molecule has 1 aromatic carbocycles. The highest BCUT2D eigenvalue weighted by atomic mass is 35.5. The predicted molar refractivity (Wildman–Crippen MR) is 115 cm³/mol. The van der Waals surface area contributed by atoms with Crippen molar-refractivity contribution in [1.29, 1.82) is 0 Å². The second-order valence-electron chi connectivity index (χ2n) is 6.65. The van der Waals surface area contributed by atoms with Gasteiger partial charge in [-0.3, -0.25) is 0 Å². The average molecular weight is 461 g/mol. The average Bonchev–Trinajstić information content (AvgIpc) is 2.99. The lowest BCUT2D eigenvalue weighted by atomic mass is 9.88. The number of fused-ring (bicyclic) bond motifs is 1. The molecule has 1 aromatic heterocycles. The minimum atomic E-state index is -2.96. The molecule has 29 heavy (non-hydrogen) atoms. The number of benzene rings is 1. The summed E-state index contributed by atoms with van der Waals surface area (Å²) >= 11 is 12.8. The standard InChI is InChI=1S/C19H19ClF2N2O3S2/c1-9-3-5-11-14(7-9)29-16(15(11)17(25)26-2)24-19(28)23-10-4-6-13(12(20)8-10)27-18(21)22/h4,6,8-9,18H,3,5,7H2,1-2H3,(H2,23,24,28)/t9-/m1/s1. The predicted octanol–water partition coefficient (Wildman–Crippen LogP) is 5.72. The molecule has 3 rings (SSSR count). The van der Waals surface area contributed by atoms with Crippen molar-refractivity contribution in [2.75, 3.05) is 17.7 Å². The van der Waals surface area contributed by atoms with E-state index in [4.69, 9.17) is 28.6 Å². The second kappa shape index (κ2) is 9.23. The van der Waals surface area contributed by atoms with Gasteiger partial charge < -0.3 is 20.1 Å². The van der Waals surface area contributed by atoms with E-state index in [1.807, 2.05) is 0 Å². The van der Waals surface area contributed by atoms with E-state index in [2.05, 4.69) is 22.3 Å². The molecule has 5 nitrogen and oxygen atoms in total. The van der Waals surface area contributed by atoms with Crippen LogP contribution < -0.4 is 15.4 Å². The maximum atomic E-state index is 12.3. The van der Waals surface area contributed by atoms with Crippen LogP contribution in [0.5, 0.6) is 5.75 Å². The lowest BCUT2D eigenvalue weighted by Gasteiger charge is -2.18. The van der Waals surface area contributed by atoms with Gasteiger partial charge in [0.2, 0.25) is 0 Å². The van der Waals surface area contributed by atoms with E-state index in [9.17, 15) is 13.6 Å². The molecule has 0 spiro atoms. The van der Waals surface area contributed by atoms with Crippen LogP contribution >= 0.6 is 35.2 Å². The molecule has 2 N–H and O–H groups in total. The number of ether oxygens (including phenoxy) is 2. The van der Waals surface area contributed by atoms with Gasteiger partial charge in [-0.1, -0.05) is 18.5 Å². The smallest absolute Gasteiger partial charge is 0.387 e. The minimum absolute atomic E-state index is 0.0222. The van der Waals surface area contributed by atoms with E-state index in [0.29, 0.717) is 22.2 Å². The summed E-state index contributed by atoms with van der Waals surface area (Å²) < 4.78 is 34.0. The molecule has 1 aliphatic rings. The van der Waals surface area contributed by atoms with Crippen LogP contribution in [-0.2, 0) is 17.6 Å². The molecule has 0 amide bonds. The maximum absolute atomic E-state index is 12.3. The van der Waals surface area contributed by atoms with Crippen LogP contribution in [0.25, 0.3) is 0 Å². The van der Waals surface area contributed by atoms with Crippen molar-refractivity contribution in [3.8, 4) is 5.75 Å². The molecule has 1 aliphatic carbocycles. The number of carbonyl (C=O) groups is 1. The molecule has 1 atom stereocenters. The number of methoxy groups -OCH3 is 1. The summed E-state index contributed by atoms with van der Waals surface area (Å²) in [5.74, 6) is 0.0266. The van der Waals surface area contributed by atoms with Crippen LogP contribution in [0.15, 0.2) is 18.2 Å². The van der Waals surface area contributed by atoms with Gasteiger partial charge in [-0.2, -0.15) is 8.78 Å². The van der Waals surface area contributed by atoms with E-state index in [1.165, 1.54) is 36.6 Å². The highest BCUT2D eigenvalue weighted by Crippen LogP contribution is 2.40. The number of anilines is 2. The van der Waals surface area contributed by atoms with E-state index in [1.54, 1.807) is 0 Å². The lowest BCUT2D eigenvalue weighted by molar-refractivity contribution is -0.0497. The molecular formula is C19H19ClF2N2O3S2. The third kappa shape index (κ3) is 5.15. The molecule has 0 fully saturated rings. The van der Waals surface area contributed by atoms with Crippen molar-refractivity contribution >= 4 is 56.9 Å². The topological polar surface area (TPSA) is 59.6 Å². The zero-order valence-corrected chi connectivity index (χ0v) is 18.1. The number of rotatable bonds is 5. The van der Waals surface area contributed by atoms with Crippen molar-refractivity contribution in [3.05, 3.63) is 39.2 Å². The van der Waals surface area contributed by atoms with Gasteiger partial charge in [0.25, 0.3) is 0 Å². The van der Waals surface area contributed by atoms with E-state index >= 15 is 0 Å². The molecule has 0 unspecified atom stereocenters. The van der Waals surface area contributed by atoms with Crippen LogP contribution in [-0.4, -0.2) is 24.8 Å². The number of nitrogens with one attached hydrogen (secondary N) is 2. The first-order chi connectivity index (χ1) is 13.8. The fraction of sp³-hybridized carbons (Fsp3) is 0.368. The number of halogens is 3. The van der Waals surface area contributed by atoms with Crippen molar-refractivity contribution in [2.45, 2.75) is 32.8 Å². The number of alkyl halides is 2. The van der Waals surface area contributed by atoms with Gasteiger partial charge in [-0.25, -0.2) is 4.79 Å². The Hall–Kier alpha value is -1.97. The number of carbonyl (C=O) groups excluding carboxylic acids is 1.